The second kappa shape index (κ2) is 6.59. The van der Waals surface area contributed by atoms with Crippen LogP contribution in [0.2, 0.25) is 0 Å². The molecule has 0 spiro atoms. The third kappa shape index (κ3) is 5.47. The molecule has 0 fully saturated rings. The predicted octanol–water partition coefficient (Wildman–Crippen LogP) is -0.894. The maximum Gasteiger partial charge on any atom is 0.316 e. The summed E-state index contributed by atoms with van der Waals surface area (Å²) in [7, 11) is -5.61. The Morgan fingerprint density at radius 1 is 1.20 bits per heavy atom. The Morgan fingerprint density at radius 2 is 1.75 bits per heavy atom. The van der Waals surface area contributed by atoms with Crippen molar-refractivity contribution in [2.45, 2.75) is 4.90 Å². The zero-order chi connectivity index (χ0) is 15.3. The van der Waals surface area contributed by atoms with Crippen LogP contribution in [0.25, 0.3) is 0 Å². The highest BCUT2D eigenvalue weighted by Gasteiger charge is 2.12. The molecular weight excluding hydrogens is 308 g/mol. The monoisotopic (exact) mass is 320 g/mol. The van der Waals surface area contributed by atoms with Gasteiger partial charge in [-0.2, -0.15) is 0 Å². The van der Waals surface area contributed by atoms with Crippen molar-refractivity contribution in [2.24, 2.45) is 5.14 Å². The number of carbonyl (C=O) groups is 2. The minimum absolute atomic E-state index is 0.107. The SMILES string of the molecule is NS(=O)(=O)c1ccc(NC(=O)C[S@](=O)CC(=O)O)cc1. The molecule has 20 heavy (non-hydrogen) atoms. The number of sulfonamides is 1. The van der Waals surface area contributed by atoms with Gasteiger partial charge in [0.25, 0.3) is 0 Å². The van der Waals surface area contributed by atoms with E-state index in [0.717, 1.165) is 0 Å². The lowest BCUT2D eigenvalue weighted by Gasteiger charge is -2.05. The summed E-state index contributed by atoms with van der Waals surface area (Å²) in [5.74, 6) is -2.96. The Bertz CT molecular complexity index is 638. The smallest absolute Gasteiger partial charge is 0.316 e. The molecule has 0 saturated heterocycles. The van der Waals surface area contributed by atoms with Gasteiger partial charge in [0.15, 0.2) is 0 Å². The van der Waals surface area contributed by atoms with Crippen LogP contribution in [0.3, 0.4) is 0 Å². The fraction of sp³-hybridized carbons (Fsp3) is 0.200. The molecule has 1 amide bonds. The number of amides is 1. The van der Waals surface area contributed by atoms with Crippen molar-refractivity contribution in [1.82, 2.24) is 0 Å². The summed E-state index contributed by atoms with van der Waals surface area (Å²) < 4.78 is 33.2. The van der Waals surface area contributed by atoms with E-state index in [9.17, 15) is 22.2 Å². The average Bonchev–Trinajstić information content (AvgIpc) is 2.26. The molecule has 8 nitrogen and oxygen atoms in total. The number of rotatable bonds is 6. The predicted molar refractivity (Wildman–Crippen MR) is 72.0 cm³/mol. The van der Waals surface area contributed by atoms with Gasteiger partial charge in [-0.1, -0.05) is 0 Å². The second-order valence-electron chi connectivity index (χ2n) is 3.74. The lowest BCUT2D eigenvalue weighted by atomic mass is 10.3. The van der Waals surface area contributed by atoms with E-state index in [1.807, 2.05) is 0 Å². The molecule has 1 aromatic carbocycles. The minimum atomic E-state index is -3.81. The van der Waals surface area contributed by atoms with Crippen LogP contribution in [0.4, 0.5) is 5.69 Å². The van der Waals surface area contributed by atoms with Gasteiger partial charge in [-0.05, 0) is 24.3 Å². The summed E-state index contributed by atoms with van der Waals surface area (Å²) in [4.78, 5) is 21.6. The molecule has 110 valence electrons. The van der Waals surface area contributed by atoms with Crippen LogP contribution in [0.1, 0.15) is 0 Å². The van der Waals surface area contributed by atoms with Gasteiger partial charge >= 0.3 is 5.97 Å². The van der Waals surface area contributed by atoms with Crippen molar-refractivity contribution in [3.05, 3.63) is 24.3 Å². The first-order valence-corrected chi connectivity index (χ1v) is 8.21. The number of anilines is 1. The number of carboxylic acids is 1. The molecule has 0 bridgehead atoms. The molecule has 0 aliphatic rings. The topological polar surface area (TPSA) is 144 Å². The van der Waals surface area contributed by atoms with Crippen molar-refractivity contribution in [3.63, 3.8) is 0 Å². The third-order valence-electron chi connectivity index (χ3n) is 2.04. The van der Waals surface area contributed by atoms with Crippen molar-refractivity contribution in [1.29, 1.82) is 0 Å². The zero-order valence-electron chi connectivity index (χ0n) is 10.1. The summed E-state index contributed by atoms with van der Waals surface area (Å²) in [5, 5.41) is 15.7. The summed E-state index contributed by atoms with van der Waals surface area (Å²) in [5.41, 5.74) is 0.287. The van der Waals surface area contributed by atoms with Crippen LogP contribution in [0, 0.1) is 0 Å². The first-order valence-electron chi connectivity index (χ1n) is 5.18. The molecule has 0 heterocycles. The minimum Gasteiger partial charge on any atom is -0.481 e. The first kappa shape index (κ1) is 16.3. The number of benzene rings is 1. The number of carbonyl (C=O) groups excluding carboxylic acids is 1. The second-order valence-corrected chi connectivity index (χ2v) is 6.76. The number of nitrogens with two attached hydrogens (primary N) is 1. The van der Waals surface area contributed by atoms with E-state index < -0.39 is 44.2 Å². The highest BCUT2D eigenvalue weighted by molar-refractivity contribution is 7.89. The molecule has 10 heteroatoms. The van der Waals surface area contributed by atoms with Gasteiger partial charge < -0.3 is 10.4 Å². The standard InChI is InChI=1S/C10H12N2O6S2/c11-20(17,18)8-3-1-7(2-4-8)12-9(13)5-19(16)6-10(14)15/h1-4H,5-6H2,(H,12,13)(H,14,15)(H2,11,17,18)/t19-/m0/s1. The van der Waals surface area contributed by atoms with E-state index in [0.29, 0.717) is 0 Å². The summed E-state index contributed by atoms with van der Waals surface area (Å²) in [6, 6.07) is 5.05. The van der Waals surface area contributed by atoms with Crippen LogP contribution in [0.5, 0.6) is 0 Å². The zero-order valence-corrected chi connectivity index (χ0v) is 11.7. The van der Waals surface area contributed by atoms with Gasteiger partial charge in [-0.3, -0.25) is 13.8 Å². The number of hydrogen-bond acceptors (Lipinski definition) is 5. The summed E-state index contributed by atoms with van der Waals surface area (Å²) in [6.45, 7) is 0. The Labute approximate surface area is 117 Å². The number of aliphatic carboxylic acids is 1. The molecule has 1 aromatic rings. The lowest BCUT2D eigenvalue weighted by Crippen LogP contribution is -2.23. The molecule has 0 unspecified atom stereocenters. The van der Waals surface area contributed by atoms with Gasteiger partial charge in [0, 0.05) is 16.5 Å². The van der Waals surface area contributed by atoms with Gasteiger partial charge in [-0.25, -0.2) is 13.6 Å². The lowest BCUT2D eigenvalue weighted by molar-refractivity contribution is -0.133. The molecular formula is C10H12N2O6S2. The average molecular weight is 320 g/mol. The van der Waals surface area contributed by atoms with E-state index in [2.05, 4.69) is 5.32 Å². The van der Waals surface area contributed by atoms with E-state index in [1.165, 1.54) is 24.3 Å². The number of nitrogens with one attached hydrogen (secondary N) is 1. The molecule has 0 aliphatic heterocycles. The first-order chi connectivity index (χ1) is 9.18. The number of carboxylic acid groups (broad SMARTS) is 1. The van der Waals surface area contributed by atoms with Crippen LogP contribution >= 0.6 is 0 Å². The maximum atomic E-state index is 11.4. The molecule has 4 N–H and O–H groups in total. The van der Waals surface area contributed by atoms with Crippen molar-refractivity contribution in [3.8, 4) is 0 Å². The third-order valence-corrected chi connectivity index (χ3v) is 4.13. The largest absolute Gasteiger partial charge is 0.481 e. The van der Waals surface area contributed by atoms with Gasteiger partial charge in [0.05, 0.1) is 4.90 Å². The Morgan fingerprint density at radius 3 is 2.20 bits per heavy atom. The fourth-order valence-corrected chi connectivity index (χ4v) is 2.52. The highest BCUT2D eigenvalue weighted by Crippen LogP contribution is 2.12. The molecule has 1 rings (SSSR count). The summed E-state index contributed by atoms with van der Waals surface area (Å²) >= 11 is 0. The van der Waals surface area contributed by atoms with E-state index >= 15 is 0 Å². The van der Waals surface area contributed by atoms with Crippen molar-refractivity contribution < 1.29 is 27.3 Å². The highest BCUT2D eigenvalue weighted by atomic mass is 32.2. The maximum absolute atomic E-state index is 11.4. The molecule has 0 radical (unpaired) electrons. The van der Waals surface area contributed by atoms with Gasteiger partial charge in [-0.15, -0.1) is 0 Å². The van der Waals surface area contributed by atoms with Gasteiger partial charge in [0.2, 0.25) is 15.9 Å². The van der Waals surface area contributed by atoms with E-state index in [1.54, 1.807) is 0 Å². The number of hydrogen-bond donors (Lipinski definition) is 3. The van der Waals surface area contributed by atoms with Crippen LogP contribution in [-0.2, 0) is 30.4 Å². The molecule has 0 aromatic heterocycles. The normalized spacial score (nSPS) is 12.7. The quantitative estimate of drug-likeness (QED) is 0.620. The van der Waals surface area contributed by atoms with Crippen molar-refractivity contribution >= 4 is 38.4 Å². The number of primary sulfonamides is 1. The Hall–Kier alpha value is -1.78. The Kier molecular flexibility index (Phi) is 5.36. The van der Waals surface area contributed by atoms with Gasteiger partial charge in [0.1, 0.15) is 11.5 Å². The van der Waals surface area contributed by atoms with E-state index in [-0.39, 0.29) is 10.6 Å². The van der Waals surface area contributed by atoms with Crippen LogP contribution in [0.15, 0.2) is 29.2 Å². The summed E-state index contributed by atoms with van der Waals surface area (Å²) in [6.07, 6.45) is 0. The van der Waals surface area contributed by atoms with Crippen molar-refractivity contribution in [2.75, 3.05) is 16.8 Å². The molecule has 1 atom stereocenters. The van der Waals surface area contributed by atoms with Crippen LogP contribution in [-0.4, -0.2) is 41.1 Å². The fourth-order valence-electron chi connectivity index (χ4n) is 1.26. The Balaban J connectivity index is 2.63. The molecule has 0 saturated carbocycles. The molecule has 0 aliphatic carbocycles. The van der Waals surface area contributed by atoms with Crippen LogP contribution < -0.4 is 10.5 Å². The van der Waals surface area contributed by atoms with E-state index in [4.69, 9.17) is 10.2 Å².